The van der Waals surface area contributed by atoms with E-state index in [9.17, 15) is 27.9 Å². The first kappa shape index (κ1) is 27.2. The third kappa shape index (κ3) is 7.06. The molecule has 0 saturated carbocycles. The minimum atomic E-state index is -4.61. The van der Waals surface area contributed by atoms with Crippen LogP contribution < -0.4 is 15.0 Å². The summed E-state index contributed by atoms with van der Waals surface area (Å²) in [6, 6.07) is 7.83. The molecule has 1 aliphatic rings. The number of carbonyl (C=O) groups excluding carboxylic acids is 2. The molecule has 196 valence electrons. The van der Waals surface area contributed by atoms with Gasteiger partial charge >= 0.3 is 12.3 Å². The van der Waals surface area contributed by atoms with Crippen molar-refractivity contribution in [3.8, 4) is 5.88 Å². The van der Waals surface area contributed by atoms with Crippen molar-refractivity contribution >= 4 is 17.8 Å². The Hall–Kier alpha value is -3.41. The highest BCUT2D eigenvalue weighted by molar-refractivity contribution is 5.96. The SMILES string of the molecule is CC(C)(C)C(O)CCNC(=O)Oc1ccc(N2CCN(C(=O)c3ccccc3C(F)(F)F)CC2)nn1. The summed E-state index contributed by atoms with van der Waals surface area (Å²) in [6.07, 6.45) is -5.53. The first-order valence-corrected chi connectivity index (χ1v) is 11.5. The third-order valence-corrected chi connectivity index (χ3v) is 5.86. The number of nitrogens with zero attached hydrogens (tertiary/aromatic N) is 4. The van der Waals surface area contributed by atoms with Crippen molar-refractivity contribution in [3.63, 3.8) is 0 Å². The first-order chi connectivity index (χ1) is 16.9. The number of alkyl halides is 3. The summed E-state index contributed by atoms with van der Waals surface area (Å²) in [7, 11) is 0. The van der Waals surface area contributed by atoms with Crippen LogP contribution in [0.1, 0.15) is 43.1 Å². The smallest absolute Gasteiger partial charge is 0.393 e. The Bertz CT molecular complexity index is 1050. The van der Waals surface area contributed by atoms with Crippen molar-refractivity contribution < 1.29 is 32.6 Å². The second-order valence-corrected chi connectivity index (χ2v) is 9.54. The Balaban J connectivity index is 1.50. The third-order valence-electron chi connectivity index (χ3n) is 5.86. The Morgan fingerprint density at radius 3 is 2.31 bits per heavy atom. The number of aliphatic hydroxyl groups is 1. The summed E-state index contributed by atoms with van der Waals surface area (Å²) in [5.41, 5.74) is -1.61. The molecule has 1 unspecified atom stereocenters. The molecule has 1 saturated heterocycles. The maximum Gasteiger partial charge on any atom is 0.417 e. The average molecular weight is 510 g/mol. The van der Waals surface area contributed by atoms with Crippen molar-refractivity contribution in [2.75, 3.05) is 37.6 Å². The van der Waals surface area contributed by atoms with Gasteiger partial charge in [-0.15, -0.1) is 10.2 Å². The number of aromatic nitrogens is 2. The summed E-state index contributed by atoms with van der Waals surface area (Å²) in [6.45, 7) is 7.07. The summed E-state index contributed by atoms with van der Waals surface area (Å²) < 4.78 is 44.9. The highest BCUT2D eigenvalue weighted by Gasteiger charge is 2.36. The van der Waals surface area contributed by atoms with Crippen LogP contribution in [0.25, 0.3) is 0 Å². The van der Waals surface area contributed by atoms with Crippen LogP contribution in [0.15, 0.2) is 36.4 Å². The van der Waals surface area contributed by atoms with Gasteiger partial charge in [-0.2, -0.15) is 13.2 Å². The van der Waals surface area contributed by atoms with Gasteiger partial charge in [0.15, 0.2) is 5.82 Å². The molecule has 2 heterocycles. The van der Waals surface area contributed by atoms with E-state index in [2.05, 4.69) is 15.5 Å². The summed E-state index contributed by atoms with van der Waals surface area (Å²) in [5.74, 6) is -0.192. The van der Waals surface area contributed by atoms with Crippen molar-refractivity contribution in [2.24, 2.45) is 5.41 Å². The molecule has 2 N–H and O–H groups in total. The number of ether oxygens (including phenoxy) is 1. The van der Waals surface area contributed by atoms with Crippen LogP contribution in [0.5, 0.6) is 5.88 Å². The Morgan fingerprint density at radius 1 is 1.06 bits per heavy atom. The lowest BCUT2D eigenvalue weighted by Gasteiger charge is -2.35. The number of amides is 2. The van der Waals surface area contributed by atoms with E-state index in [0.717, 1.165) is 6.07 Å². The molecule has 0 aliphatic carbocycles. The first-order valence-electron chi connectivity index (χ1n) is 11.5. The average Bonchev–Trinajstić information content (AvgIpc) is 2.83. The predicted octanol–water partition coefficient (Wildman–Crippen LogP) is 3.34. The predicted molar refractivity (Wildman–Crippen MR) is 126 cm³/mol. The van der Waals surface area contributed by atoms with Crippen LogP contribution in [-0.2, 0) is 6.18 Å². The molecule has 2 aromatic rings. The fourth-order valence-electron chi connectivity index (χ4n) is 3.64. The number of anilines is 1. The molecule has 9 nitrogen and oxygen atoms in total. The van der Waals surface area contributed by atoms with Gasteiger partial charge in [0.05, 0.1) is 17.2 Å². The standard InChI is InChI=1S/C24H30F3N5O4/c1-23(2,3)18(33)10-11-28-22(35)36-20-9-8-19(29-30-20)31-12-14-32(15-13-31)21(34)16-6-4-5-7-17(16)24(25,26)27/h4-9,18,33H,10-15H2,1-3H3,(H,28,35). The number of carbonyl (C=O) groups is 2. The minimum absolute atomic E-state index is 0.00908. The molecule has 12 heteroatoms. The Kier molecular flexibility index (Phi) is 8.39. The van der Waals surface area contributed by atoms with E-state index >= 15 is 0 Å². The molecule has 3 rings (SSSR count). The van der Waals surface area contributed by atoms with Crippen molar-refractivity contribution in [2.45, 2.75) is 39.5 Å². The maximum absolute atomic E-state index is 13.3. The molecular formula is C24H30F3N5O4. The summed E-state index contributed by atoms with van der Waals surface area (Å²) in [4.78, 5) is 27.9. The zero-order valence-electron chi connectivity index (χ0n) is 20.4. The van der Waals surface area contributed by atoms with Gasteiger partial charge in [0.2, 0.25) is 5.88 Å². The zero-order valence-corrected chi connectivity index (χ0v) is 20.4. The van der Waals surface area contributed by atoms with E-state index in [4.69, 9.17) is 4.74 Å². The molecule has 1 aliphatic heterocycles. The normalized spacial score (nSPS) is 15.4. The van der Waals surface area contributed by atoms with Crippen LogP contribution in [-0.4, -0.2) is 71.0 Å². The van der Waals surface area contributed by atoms with Gasteiger partial charge in [-0.05, 0) is 30.0 Å². The number of halogens is 3. The number of hydrogen-bond acceptors (Lipinski definition) is 7. The number of rotatable bonds is 6. The van der Waals surface area contributed by atoms with E-state index in [0.29, 0.717) is 25.3 Å². The van der Waals surface area contributed by atoms with Gasteiger partial charge in [-0.25, -0.2) is 4.79 Å². The number of nitrogens with one attached hydrogen (secondary N) is 1. The highest BCUT2D eigenvalue weighted by Crippen LogP contribution is 2.32. The second-order valence-electron chi connectivity index (χ2n) is 9.54. The quantitative estimate of drug-likeness (QED) is 0.615. The highest BCUT2D eigenvalue weighted by atomic mass is 19.4. The van der Waals surface area contributed by atoms with Crippen LogP contribution in [0.3, 0.4) is 0 Å². The van der Waals surface area contributed by atoms with Crippen LogP contribution in [0.2, 0.25) is 0 Å². The molecule has 1 aromatic heterocycles. The topological polar surface area (TPSA) is 108 Å². The van der Waals surface area contributed by atoms with E-state index < -0.39 is 29.8 Å². The van der Waals surface area contributed by atoms with Gasteiger partial charge in [-0.1, -0.05) is 32.9 Å². The van der Waals surface area contributed by atoms with Gasteiger partial charge in [0.25, 0.3) is 5.91 Å². The van der Waals surface area contributed by atoms with Crippen LogP contribution in [0.4, 0.5) is 23.8 Å². The number of aliphatic hydroxyl groups excluding tert-OH is 1. The molecular weight excluding hydrogens is 479 g/mol. The van der Waals surface area contributed by atoms with E-state index in [1.54, 1.807) is 6.07 Å². The lowest BCUT2D eigenvalue weighted by atomic mass is 9.87. The second kappa shape index (κ2) is 11.1. The van der Waals surface area contributed by atoms with E-state index in [-0.39, 0.29) is 36.5 Å². The maximum atomic E-state index is 13.3. The molecule has 0 bridgehead atoms. The van der Waals surface area contributed by atoms with E-state index in [1.807, 2.05) is 25.7 Å². The minimum Gasteiger partial charge on any atom is -0.393 e. The van der Waals surface area contributed by atoms with Gasteiger partial charge in [-0.3, -0.25) is 4.79 Å². The van der Waals surface area contributed by atoms with Gasteiger partial charge in [0.1, 0.15) is 0 Å². The van der Waals surface area contributed by atoms with Crippen LogP contribution >= 0.6 is 0 Å². The summed E-state index contributed by atoms with van der Waals surface area (Å²) in [5, 5.41) is 20.5. The zero-order chi connectivity index (χ0) is 26.5. The fraction of sp³-hybridized carbons (Fsp3) is 0.500. The molecule has 1 aromatic carbocycles. The van der Waals surface area contributed by atoms with Gasteiger partial charge in [0, 0.05) is 38.8 Å². The number of hydrogen-bond donors (Lipinski definition) is 2. The molecule has 1 fully saturated rings. The van der Waals surface area contributed by atoms with E-state index in [1.165, 1.54) is 29.2 Å². The van der Waals surface area contributed by atoms with Crippen molar-refractivity contribution in [1.29, 1.82) is 0 Å². The monoisotopic (exact) mass is 509 g/mol. The Labute approximate surface area is 207 Å². The fourth-order valence-corrected chi connectivity index (χ4v) is 3.64. The molecule has 0 radical (unpaired) electrons. The molecule has 2 amide bonds. The lowest BCUT2D eigenvalue weighted by molar-refractivity contribution is -0.138. The molecule has 36 heavy (non-hydrogen) atoms. The van der Waals surface area contributed by atoms with Crippen molar-refractivity contribution in [3.05, 3.63) is 47.5 Å². The molecule has 1 atom stereocenters. The Morgan fingerprint density at radius 2 is 1.72 bits per heavy atom. The summed E-state index contributed by atoms with van der Waals surface area (Å²) >= 11 is 0. The largest absolute Gasteiger partial charge is 0.417 e. The van der Waals surface area contributed by atoms with Crippen molar-refractivity contribution in [1.82, 2.24) is 20.4 Å². The molecule has 0 spiro atoms. The number of piperazine rings is 1. The van der Waals surface area contributed by atoms with Crippen LogP contribution in [0, 0.1) is 5.41 Å². The lowest BCUT2D eigenvalue weighted by Crippen LogP contribution is -2.49. The number of benzene rings is 1. The van der Waals surface area contributed by atoms with Gasteiger partial charge < -0.3 is 25.0 Å².